The average Bonchev–Trinajstić information content (AvgIpc) is 3.02. The Morgan fingerprint density at radius 1 is 1.40 bits per heavy atom. The van der Waals surface area contributed by atoms with Crippen molar-refractivity contribution in [1.29, 1.82) is 0 Å². The van der Waals surface area contributed by atoms with Crippen LogP contribution in [0.2, 0.25) is 0 Å². The molecule has 3 rings (SSSR count). The van der Waals surface area contributed by atoms with E-state index < -0.39 is 6.10 Å². The van der Waals surface area contributed by atoms with Gasteiger partial charge in [-0.15, -0.1) is 0 Å². The molecule has 1 amide bonds. The van der Waals surface area contributed by atoms with E-state index in [4.69, 9.17) is 0 Å². The molecule has 0 radical (unpaired) electrons. The predicted octanol–water partition coefficient (Wildman–Crippen LogP) is 2.29. The fraction of sp³-hybridized carbons (Fsp3) is 0.400. The Bertz CT molecular complexity index is 652. The van der Waals surface area contributed by atoms with Crippen LogP contribution in [0.4, 0.5) is 4.39 Å². The fourth-order valence-electron chi connectivity index (χ4n) is 2.93. The molecule has 0 bridgehead atoms. The summed E-state index contributed by atoms with van der Waals surface area (Å²) in [6.45, 7) is 0. The number of benzene rings is 1. The first kappa shape index (κ1) is 13.1. The van der Waals surface area contributed by atoms with E-state index in [1.807, 2.05) is 0 Å². The Morgan fingerprint density at radius 2 is 2.20 bits per heavy atom. The molecular weight excluding hydrogens is 259 g/mol. The van der Waals surface area contributed by atoms with Gasteiger partial charge in [-0.3, -0.25) is 4.79 Å². The Morgan fingerprint density at radius 3 is 2.90 bits per heavy atom. The highest BCUT2D eigenvalue weighted by molar-refractivity contribution is 5.98. The maximum absolute atomic E-state index is 13.2. The van der Waals surface area contributed by atoms with Crippen LogP contribution in [0.3, 0.4) is 0 Å². The number of hydrogen-bond acceptors (Lipinski definition) is 2. The number of aromatic amines is 1. The lowest BCUT2D eigenvalue weighted by molar-refractivity contribution is 0.0534. The van der Waals surface area contributed by atoms with Crippen LogP contribution in [0.15, 0.2) is 24.3 Å². The molecule has 0 aliphatic heterocycles. The normalized spacial score (nSPS) is 22.4. The summed E-state index contributed by atoms with van der Waals surface area (Å²) >= 11 is 0. The van der Waals surface area contributed by atoms with E-state index in [9.17, 15) is 14.3 Å². The molecule has 1 aromatic carbocycles. The van der Waals surface area contributed by atoms with E-state index in [0.29, 0.717) is 11.1 Å². The molecule has 1 fully saturated rings. The van der Waals surface area contributed by atoms with Crippen LogP contribution >= 0.6 is 0 Å². The number of aromatic nitrogens is 1. The summed E-state index contributed by atoms with van der Waals surface area (Å²) in [5, 5.41) is 10.6. The number of aliphatic hydroxyl groups is 1. The van der Waals surface area contributed by atoms with Crippen molar-refractivity contribution in [2.45, 2.75) is 31.4 Å². The van der Waals surface area contributed by atoms with Crippen molar-refractivity contribution in [2.24, 2.45) is 0 Å². The smallest absolute Gasteiger partial charge is 0.270 e. The molecule has 1 heterocycles. The van der Waals surface area contributed by atoms with Gasteiger partial charge in [-0.05, 0) is 43.5 Å². The number of H-pyrrole nitrogens is 1. The predicted molar refractivity (Wildman–Crippen MR) is 74.0 cm³/mol. The van der Waals surface area contributed by atoms with Crippen LogP contribution in [0.1, 0.15) is 29.8 Å². The minimum atomic E-state index is -0.453. The number of likely N-dealkylation sites (N-methyl/N-ethyl adjacent to an activating group) is 1. The maximum atomic E-state index is 13.2. The van der Waals surface area contributed by atoms with Crippen molar-refractivity contribution in [3.8, 4) is 0 Å². The van der Waals surface area contributed by atoms with Gasteiger partial charge in [-0.25, -0.2) is 4.39 Å². The summed E-state index contributed by atoms with van der Waals surface area (Å²) in [5.74, 6) is -0.498. The zero-order valence-corrected chi connectivity index (χ0v) is 11.3. The number of amides is 1. The van der Waals surface area contributed by atoms with Gasteiger partial charge in [0.2, 0.25) is 0 Å². The number of rotatable bonds is 2. The summed E-state index contributed by atoms with van der Waals surface area (Å²) in [6.07, 6.45) is 2.03. The number of carbonyl (C=O) groups excluding carboxylic acids is 1. The summed E-state index contributed by atoms with van der Waals surface area (Å²) in [6, 6.07) is 5.89. The van der Waals surface area contributed by atoms with Crippen molar-refractivity contribution in [3.05, 3.63) is 35.8 Å². The van der Waals surface area contributed by atoms with E-state index in [-0.39, 0.29) is 17.8 Å². The highest BCUT2D eigenvalue weighted by Crippen LogP contribution is 2.25. The van der Waals surface area contributed by atoms with Crippen LogP contribution in [-0.2, 0) is 0 Å². The average molecular weight is 276 g/mol. The zero-order valence-electron chi connectivity index (χ0n) is 11.3. The summed E-state index contributed by atoms with van der Waals surface area (Å²) in [4.78, 5) is 17.0. The van der Waals surface area contributed by atoms with Crippen LogP contribution in [0, 0.1) is 5.82 Å². The Hall–Kier alpha value is -1.88. The van der Waals surface area contributed by atoms with E-state index in [1.165, 1.54) is 12.1 Å². The molecular formula is C15H17FN2O2. The van der Waals surface area contributed by atoms with E-state index in [0.717, 1.165) is 24.8 Å². The van der Waals surface area contributed by atoms with E-state index >= 15 is 0 Å². The van der Waals surface area contributed by atoms with Gasteiger partial charge >= 0.3 is 0 Å². The lowest BCUT2D eigenvalue weighted by Gasteiger charge is -2.26. The Balaban J connectivity index is 1.88. The van der Waals surface area contributed by atoms with Gasteiger partial charge < -0.3 is 15.0 Å². The number of fused-ring (bicyclic) bond motifs is 1. The van der Waals surface area contributed by atoms with Gasteiger partial charge in [0.1, 0.15) is 11.5 Å². The quantitative estimate of drug-likeness (QED) is 0.884. The topological polar surface area (TPSA) is 56.3 Å². The molecule has 5 heteroatoms. The lowest BCUT2D eigenvalue weighted by atomic mass is 10.1. The molecule has 2 aromatic rings. The first-order chi connectivity index (χ1) is 9.56. The molecule has 20 heavy (non-hydrogen) atoms. The van der Waals surface area contributed by atoms with Crippen LogP contribution in [0.5, 0.6) is 0 Å². The standard InChI is InChI=1S/C15H17FN2O2/c1-18(13-3-2-4-14(13)19)15(20)12-8-9-7-10(16)5-6-11(9)17-12/h5-8,13-14,17,19H,2-4H2,1H3/t13-,14-/m1/s1. The van der Waals surface area contributed by atoms with E-state index in [1.54, 1.807) is 24.1 Å². The minimum absolute atomic E-state index is 0.134. The number of nitrogens with zero attached hydrogens (tertiary/aromatic N) is 1. The van der Waals surface area contributed by atoms with Gasteiger partial charge in [0.15, 0.2) is 0 Å². The Labute approximate surface area is 116 Å². The Kier molecular flexibility index (Phi) is 3.22. The van der Waals surface area contributed by atoms with Gasteiger partial charge in [0.05, 0.1) is 12.1 Å². The lowest BCUT2D eigenvalue weighted by Crippen LogP contribution is -2.41. The van der Waals surface area contributed by atoms with Crippen molar-refractivity contribution in [1.82, 2.24) is 9.88 Å². The van der Waals surface area contributed by atoms with Crippen molar-refractivity contribution in [2.75, 3.05) is 7.05 Å². The minimum Gasteiger partial charge on any atom is -0.391 e. The first-order valence-electron chi connectivity index (χ1n) is 6.80. The number of hydrogen-bond donors (Lipinski definition) is 2. The zero-order chi connectivity index (χ0) is 14.3. The second-order valence-electron chi connectivity index (χ2n) is 5.40. The molecule has 0 saturated heterocycles. The fourth-order valence-corrected chi connectivity index (χ4v) is 2.93. The van der Waals surface area contributed by atoms with Crippen LogP contribution < -0.4 is 0 Å². The third-order valence-corrected chi connectivity index (χ3v) is 4.07. The van der Waals surface area contributed by atoms with Gasteiger partial charge in [-0.1, -0.05) is 0 Å². The molecule has 0 unspecified atom stereocenters. The maximum Gasteiger partial charge on any atom is 0.270 e. The number of carbonyl (C=O) groups is 1. The van der Waals surface area contributed by atoms with Crippen LogP contribution in [0.25, 0.3) is 10.9 Å². The van der Waals surface area contributed by atoms with Crippen molar-refractivity contribution >= 4 is 16.8 Å². The highest BCUT2D eigenvalue weighted by atomic mass is 19.1. The number of aliphatic hydroxyl groups excluding tert-OH is 1. The highest BCUT2D eigenvalue weighted by Gasteiger charge is 2.32. The first-order valence-corrected chi connectivity index (χ1v) is 6.80. The molecule has 0 spiro atoms. The molecule has 2 N–H and O–H groups in total. The van der Waals surface area contributed by atoms with Gasteiger partial charge in [-0.2, -0.15) is 0 Å². The van der Waals surface area contributed by atoms with Crippen molar-refractivity contribution in [3.63, 3.8) is 0 Å². The molecule has 1 aliphatic carbocycles. The third-order valence-electron chi connectivity index (χ3n) is 4.07. The van der Waals surface area contributed by atoms with Gasteiger partial charge in [0.25, 0.3) is 5.91 Å². The molecule has 1 aliphatic rings. The summed E-state index contributed by atoms with van der Waals surface area (Å²) in [5.41, 5.74) is 1.15. The van der Waals surface area contributed by atoms with Gasteiger partial charge in [0, 0.05) is 18.0 Å². The molecule has 1 aromatic heterocycles. The molecule has 106 valence electrons. The molecule has 2 atom stereocenters. The van der Waals surface area contributed by atoms with E-state index in [2.05, 4.69) is 4.98 Å². The second kappa shape index (κ2) is 4.90. The third kappa shape index (κ3) is 2.18. The molecule has 1 saturated carbocycles. The number of nitrogens with one attached hydrogen (secondary N) is 1. The largest absolute Gasteiger partial charge is 0.391 e. The second-order valence-corrected chi connectivity index (χ2v) is 5.40. The SMILES string of the molecule is CN(C(=O)c1cc2cc(F)ccc2[nH]1)[C@@H]1CCC[C@H]1O. The summed E-state index contributed by atoms with van der Waals surface area (Å²) in [7, 11) is 1.70. The summed E-state index contributed by atoms with van der Waals surface area (Å²) < 4.78 is 13.2. The molecule has 4 nitrogen and oxygen atoms in total. The van der Waals surface area contributed by atoms with Crippen LogP contribution in [-0.4, -0.2) is 40.1 Å². The number of halogens is 1. The van der Waals surface area contributed by atoms with Crippen molar-refractivity contribution < 1.29 is 14.3 Å². The monoisotopic (exact) mass is 276 g/mol.